The van der Waals surface area contributed by atoms with Gasteiger partial charge in [0.1, 0.15) is 0 Å². The maximum atomic E-state index is 13.8. The Kier molecular flexibility index (Phi) is 10.8. The van der Waals surface area contributed by atoms with Crippen molar-refractivity contribution in [2.45, 2.75) is 32.7 Å². The van der Waals surface area contributed by atoms with E-state index in [0.717, 1.165) is 24.6 Å². The lowest BCUT2D eigenvalue weighted by atomic mass is 10.1. The molecule has 0 spiro atoms. The number of rotatable bonds is 7. The van der Waals surface area contributed by atoms with Gasteiger partial charge in [-0.1, -0.05) is 12.5 Å². The number of likely N-dealkylation sites (tertiary alicyclic amines) is 1. The highest BCUT2D eigenvalue weighted by Crippen LogP contribution is 2.18. The maximum Gasteiger partial charge on any atom is 0.191 e. The monoisotopic (exact) mass is 464 g/mol. The molecular weight excluding hydrogens is 434 g/mol. The average molecular weight is 464 g/mol. The molecule has 2 rings (SSSR count). The quantitative estimate of drug-likeness (QED) is 0.370. The second-order valence-electron chi connectivity index (χ2n) is 5.95. The Hall–Kier alpha value is -1.09. The summed E-state index contributed by atoms with van der Waals surface area (Å²) >= 11 is 0. The van der Waals surface area contributed by atoms with Gasteiger partial charge in [-0.05, 0) is 50.6 Å². The topological polar surface area (TPSA) is 48.9 Å². The van der Waals surface area contributed by atoms with Crippen LogP contribution in [0.4, 0.5) is 4.39 Å². The molecule has 25 heavy (non-hydrogen) atoms. The van der Waals surface area contributed by atoms with Gasteiger partial charge in [-0.15, -0.1) is 24.0 Å². The van der Waals surface area contributed by atoms with Crippen molar-refractivity contribution in [1.82, 2.24) is 15.5 Å². The largest absolute Gasteiger partial charge is 0.491 e. The number of hydrogen-bond acceptors (Lipinski definition) is 3. The number of ether oxygens (including phenoxy) is 1. The molecule has 0 saturated carbocycles. The van der Waals surface area contributed by atoms with E-state index < -0.39 is 0 Å². The minimum Gasteiger partial charge on any atom is -0.491 e. The number of nitrogens with zero attached hydrogens (tertiary/aromatic N) is 2. The molecule has 1 aliphatic rings. The van der Waals surface area contributed by atoms with E-state index in [1.54, 1.807) is 13.1 Å². The Morgan fingerprint density at radius 3 is 2.64 bits per heavy atom. The van der Waals surface area contributed by atoms with E-state index >= 15 is 0 Å². The molecule has 1 aliphatic heterocycles. The van der Waals surface area contributed by atoms with Crippen LogP contribution in [0.15, 0.2) is 23.2 Å². The van der Waals surface area contributed by atoms with Crippen molar-refractivity contribution in [3.63, 3.8) is 0 Å². The first kappa shape index (κ1) is 22.0. The Labute approximate surface area is 167 Å². The highest BCUT2D eigenvalue weighted by atomic mass is 127. The van der Waals surface area contributed by atoms with Crippen molar-refractivity contribution in [1.29, 1.82) is 0 Å². The van der Waals surface area contributed by atoms with Crippen LogP contribution >= 0.6 is 24.0 Å². The van der Waals surface area contributed by atoms with E-state index in [2.05, 4.69) is 20.5 Å². The molecule has 1 aromatic rings. The minimum atomic E-state index is -0.329. The summed E-state index contributed by atoms with van der Waals surface area (Å²) < 4.78 is 19.1. The molecule has 0 amide bonds. The summed E-state index contributed by atoms with van der Waals surface area (Å²) in [5.74, 6) is 0.704. The van der Waals surface area contributed by atoms with Crippen LogP contribution in [-0.2, 0) is 6.54 Å². The smallest absolute Gasteiger partial charge is 0.191 e. The summed E-state index contributed by atoms with van der Waals surface area (Å²) in [6.07, 6.45) is 3.96. The lowest BCUT2D eigenvalue weighted by Crippen LogP contribution is -2.42. The van der Waals surface area contributed by atoms with Crippen LogP contribution in [-0.4, -0.2) is 50.7 Å². The second-order valence-corrected chi connectivity index (χ2v) is 5.95. The van der Waals surface area contributed by atoms with Gasteiger partial charge in [-0.2, -0.15) is 0 Å². The summed E-state index contributed by atoms with van der Waals surface area (Å²) in [7, 11) is 1.75. The number of piperidine rings is 1. The number of hydrogen-bond donors (Lipinski definition) is 2. The fourth-order valence-corrected chi connectivity index (χ4v) is 2.85. The molecule has 5 nitrogen and oxygen atoms in total. The molecular formula is C18H30FIN4O. The second kappa shape index (κ2) is 12.3. The van der Waals surface area contributed by atoms with Gasteiger partial charge in [-0.3, -0.25) is 4.99 Å². The number of nitrogens with one attached hydrogen (secondary N) is 2. The van der Waals surface area contributed by atoms with Crippen LogP contribution in [0.25, 0.3) is 0 Å². The van der Waals surface area contributed by atoms with Crippen LogP contribution < -0.4 is 15.4 Å². The molecule has 1 fully saturated rings. The van der Waals surface area contributed by atoms with Gasteiger partial charge >= 0.3 is 0 Å². The lowest BCUT2D eigenvalue weighted by Gasteiger charge is -2.26. The number of benzene rings is 1. The van der Waals surface area contributed by atoms with Crippen molar-refractivity contribution in [2.75, 3.05) is 39.8 Å². The molecule has 0 bridgehead atoms. The molecule has 142 valence electrons. The summed E-state index contributed by atoms with van der Waals surface area (Å²) in [5, 5.41) is 6.53. The predicted molar refractivity (Wildman–Crippen MR) is 111 cm³/mol. The Morgan fingerprint density at radius 1 is 1.24 bits per heavy atom. The molecule has 0 atom stereocenters. The molecule has 0 radical (unpaired) electrons. The first-order valence-corrected chi connectivity index (χ1v) is 8.81. The highest BCUT2D eigenvalue weighted by molar-refractivity contribution is 14.0. The van der Waals surface area contributed by atoms with Crippen molar-refractivity contribution < 1.29 is 9.13 Å². The zero-order valence-corrected chi connectivity index (χ0v) is 17.5. The van der Waals surface area contributed by atoms with Crippen LogP contribution in [0.3, 0.4) is 0 Å². The Balaban J connectivity index is 0.00000312. The Bertz CT molecular complexity index is 536. The standard InChI is InChI=1S/C18H29FN4O.HI/c1-3-24-17-8-7-15(13-16(17)19)14-22-18(20-2)21-9-12-23-10-5-4-6-11-23;/h7-8,13H,3-6,9-12,14H2,1-2H3,(H2,20,21,22);1H. The molecule has 2 N–H and O–H groups in total. The summed E-state index contributed by atoms with van der Waals surface area (Å²) in [6, 6.07) is 5.03. The highest BCUT2D eigenvalue weighted by Gasteiger charge is 2.09. The van der Waals surface area contributed by atoms with E-state index in [-0.39, 0.29) is 29.8 Å². The molecule has 0 aromatic heterocycles. The van der Waals surface area contributed by atoms with Crippen LogP contribution in [0.2, 0.25) is 0 Å². The first-order valence-electron chi connectivity index (χ1n) is 8.81. The predicted octanol–water partition coefficient (Wildman–Crippen LogP) is 2.99. The SMILES string of the molecule is CCOc1ccc(CNC(=NC)NCCN2CCCCC2)cc1F.I. The maximum absolute atomic E-state index is 13.8. The molecule has 1 saturated heterocycles. The summed E-state index contributed by atoms with van der Waals surface area (Å²) in [6.45, 7) is 7.09. The fraction of sp³-hybridized carbons (Fsp3) is 0.611. The van der Waals surface area contributed by atoms with E-state index in [9.17, 15) is 4.39 Å². The van der Waals surface area contributed by atoms with Crippen molar-refractivity contribution in [3.05, 3.63) is 29.6 Å². The third-order valence-electron chi connectivity index (χ3n) is 4.15. The summed E-state index contributed by atoms with van der Waals surface area (Å²) in [4.78, 5) is 6.69. The lowest BCUT2D eigenvalue weighted by molar-refractivity contribution is 0.232. The molecule has 1 aromatic carbocycles. The number of aliphatic imine (C=N–C) groups is 1. The van der Waals surface area contributed by atoms with Gasteiger partial charge in [0.25, 0.3) is 0 Å². The fourth-order valence-electron chi connectivity index (χ4n) is 2.85. The zero-order chi connectivity index (χ0) is 17.2. The van der Waals surface area contributed by atoms with Crippen LogP contribution in [0.5, 0.6) is 5.75 Å². The van der Waals surface area contributed by atoms with Crippen molar-refractivity contribution in [3.8, 4) is 5.75 Å². The van der Waals surface area contributed by atoms with E-state index in [1.807, 2.05) is 13.0 Å². The number of halogens is 2. The van der Waals surface area contributed by atoms with E-state index in [1.165, 1.54) is 38.4 Å². The van der Waals surface area contributed by atoms with Gasteiger partial charge in [-0.25, -0.2) is 4.39 Å². The average Bonchev–Trinajstić information content (AvgIpc) is 2.61. The zero-order valence-electron chi connectivity index (χ0n) is 15.2. The normalized spacial score (nSPS) is 15.4. The van der Waals surface area contributed by atoms with Gasteiger partial charge < -0.3 is 20.3 Å². The van der Waals surface area contributed by atoms with Gasteiger partial charge in [0.15, 0.2) is 17.5 Å². The van der Waals surface area contributed by atoms with Crippen LogP contribution in [0, 0.1) is 5.82 Å². The van der Waals surface area contributed by atoms with Crippen molar-refractivity contribution >= 4 is 29.9 Å². The van der Waals surface area contributed by atoms with Gasteiger partial charge in [0.2, 0.25) is 0 Å². The molecule has 1 heterocycles. The third-order valence-corrected chi connectivity index (χ3v) is 4.15. The first-order chi connectivity index (χ1) is 11.7. The van der Waals surface area contributed by atoms with E-state index in [0.29, 0.717) is 18.9 Å². The van der Waals surface area contributed by atoms with Crippen molar-refractivity contribution in [2.24, 2.45) is 4.99 Å². The number of guanidine groups is 1. The molecule has 0 unspecified atom stereocenters. The van der Waals surface area contributed by atoms with Crippen LogP contribution in [0.1, 0.15) is 31.7 Å². The third kappa shape index (κ3) is 7.77. The van der Waals surface area contributed by atoms with Gasteiger partial charge in [0.05, 0.1) is 6.61 Å². The van der Waals surface area contributed by atoms with E-state index in [4.69, 9.17) is 4.74 Å². The molecule has 0 aliphatic carbocycles. The Morgan fingerprint density at radius 2 is 2.00 bits per heavy atom. The minimum absolute atomic E-state index is 0. The summed E-state index contributed by atoms with van der Waals surface area (Å²) in [5.41, 5.74) is 0.856. The molecule has 7 heteroatoms. The van der Waals surface area contributed by atoms with Gasteiger partial charge in [0, 0.05) is 26.7 Å².